The average molecular weight is 324 g/mol. The van der Waals surface area contributed by atoms with Gasteiger partial charge in [0.15, 0.2) is 16.4 Å². The predicted octanol–water partition coefficient (Wildman–Crippen LogP) is 5.15. The highest BCUT2D eigenvalue weighted by molar-refractivity contribution is 7.71. The van der Waals surface area contributed by atoms with Crippen LogP contribution in [0.5, 0.6) is 0 Å². The predicted molar refractivity (Wildman–Crippen MR) is 84.5 cm³/mol. The minimum atomic E-state index is -0.857. The van der Waals surface area contributed by atoms with Crippen molar-refractivity contribution in [1.29, 1.82) is 0 Å². The molecule has 0 saturated heterocycles. The summed E-state index contributed by atoms with van der Waals surface area (Å²) >= 11 is 6.98. The number of aryl methyl sites for hydroxylation is 1. The van der Waals surface area contributed by atoms with Gasteiger partial charge in [0.2, 0.25) is 0 Å². The Kier molecular flexibility index (Phi) is 3.67. The number of fused-ring (bicyclic) bond motifs is 1. The van der Waals surface area contributed by atoms with Crippen LogP contribution in [0.2, 0.25) is 0 Å². The van der Waals surface area contributed by atoms with E-state index in [0.29, 0.717) is 10.3 Å². The molecule has 2 aromatic heterocycles. The number of benzene rings is 1. The molecule has 21 heavy (non-hydrogen) atoms. The molecule has 0 amide bonds. The molecule has 0 aliphatic rings. The minimum Gasteiger partial charge on any atom is -0.330 e. The van der Waals surface area contributed by atoms with E-state index >= 15 is 0 Å². The summed E-state index contributed by atoms with van der Waals surface area (Å²) in [4.78, 5) is 5.38. The Bertz CT molecular complexity index is 860. The van der Waals surface area contributed by atoms with Crippen LogP contribution >= 0.6 is 23.6 Å². The third kappa shape index (κ3) is 2.53. The number of nitrogens with zero attached hydrogens (tertiary/aromatic N) is 1. The van der Waals surface area contributed by atoms with Gasteiger partial charge in [-0.1, -0.05) is 0 Å². The van der Waals surface area contributed by atoms with E-state index in [1.165, 1.54) is 15.8 Å². The lowest BCUT2D eigenvalue weighted by atomic mass is 10.2. The third-order valence-electron chi connectivity index (χ3n) is 3.50. The van der Waals surface area contributed by atoms with Crippen LogP contribution in [0.15, 0.2) is 24.3 Å². The lowest BCUT2D eigenvalue weighted by molar-refractivity contribution is 0.499. The molecule has 1 unspecified atom stereocenters. The molecule has 1 N–H and O–H groups in total. The van der Waals surface area contributed by atoms with E-state index in [2.05, 4.69) is 17.1 Å². The number of halogens is 2. The number of imidazole rings is 1. The van der Waals surface area contributed by atoms with Gasteiger partial charge in [-0.15, -0.1) is 11.3 Å². The quantitative estimate of drug-likeness (QED) is 0.661. The number of thiophene rings is 1. The molecule has 3 aromatic rings. The average Bonchev–Trinajstić information content (AvgIpc) is 2.97. The number of rotatable bonds is 3. The van der Waals surface area contributed by atoms with Gasteiger partial charge in [0.05, 0.1) is 5.52 Å². The van der Waals surface area contributed by atoms with Crippen molar-refractivity contribution in [2.75, 3.05) is 0 Å². The Hall–Kier alpha value is -1.53. The van der Waals surface area contributed by atoms with Crippen molar-refractivity contribution in [3.05, 3.63) is 50.4 Å². The Labute approximate surface area is 130 Å². The van der Waals surface area contributed by atoms with Gasteiger partial charge in [-0.05, 0) is 50.3 Å². The largest absolute Gasteiger partial charge is 0.330 e. The monoisotopic (exact) mass is 324 g/mol. The first kappa shape index (κ1) is 14.4. The summed E-state index contributed by atoms with van der Waals surface area (Å²) < 4.78 is 29.7. The summed E-state index contributed by atoms with van der Waals surface area (Å²) in [5, 5.41) is 0. The SMILES string of the molecule is Cc1ccc(CC(C)n2c(=S)[nH]c3ccc(F)c(F)c32)s1. The lowest BCUT2D eigenvalue weighted by Crippen LogP contribution is -2.09. The maximum Gasteiger partial charge on any atom is 0.184 e. The van der Waals surface area contributed by atoms with E-state index < -0.39 is 11.6 Å². The van der Waals surface area contributed by atoms with Crippen LogP contribution in [-0.4, -0.2) is 9.55 Å². The third-order valence-corrected chi connectivity index (χ3v) is 4.83. The zero-order chi connectivity index (χ0) is 15.1. The standard InChI is InChI=1S/C15H14F2N2S2/c1-8(7-10-4-3-9(2)21-10)19-14-12(18-15(19)20)6-5-11(16)13(14)17/h3-6,8H,7H2,1-2H3,(H,18,20). The van der Waals surface area contributed by atoms with Crippen molar-refractivity contribution in [3.8, 4) is 0 Å². The molecule has 0 fully saturated rings. The van der Waals surface area contributed by atoms with Gasteiger partial charge in [-0.3, -0.25) is 0 Å². The van der Waals surface area contributed by atoms with Gasteiger partial charge < -0.3 is 9.55 Å². The molecule has 1 aromatic carbocycles. The summed E-state index contributed by atoms with van der Waals surface area (Å²) in [7, 11) is 0. The van der Waals surface area contributed by atoms with Crippen molar-refractivity contribution >= 4 is 34.6 Å². The van der Waals surface area contributed by atoms with Gasteiger partial charge in [-0.25, -0.2) is 8.78 Å². The Morgan fingerprint density at radius 1 is 1.29 bits per heavy atom. The van der Waals surface area contributed by atoms with Gasteiger partial charge in [-0.2, -0.15) is 0 Å². The molecule has 0 aliphatic heterocycles. The molecular weight excluding hydrogens is 310 g/mol. The van der Waals surface area contributed by atoms with Gasteiger partial charge in [0.1, 0.15) is 5.52 Å². The van der Waals surface area contributed by atoms with E-state index in [4.69, 9.17) is 12.2 Å². The van der Waals surface area contributed by atoms with Crippen LogP contribution in [-0.2, 0) is 6.42 Å². The van der Waals surface area contributed by atoms with Gasteiger partial charge >= 0.3 is 0 Å². The number of aromatic nitrogens is 2. The van der Waals surface area contributed by atoms with Crippen LogP contribution in [0.3, 0.4) is 0 Å². The Morgan fingerprint density at radius 2 is 2.05 bits per heavy atom. The van der Waals surface area contributed by atoms with Crippen LogP contribution in [0.4, 0.5) is 8.78 Å². The second-order valence-electron chi connectivity index (χ2n) is 5.12. The maximum atomic E-state index is 14.1. The molecule has 0 bridgehead atoms. The number of hydrogen-bond donors (Lipinski definition) is 1. The van der Waals surface area contributed by atoms with Crippen LogP contribution < -0.4 is 0 Å². The Morgan fingerprint density at radius 3 is 2.71 bits per heavy atom. The maximum absolute atomic E-state index is 14.1. The smallest absolute Gasteiger partial charge is 0.184 e. The zero-order valence-corrected chi connectivity index (χ0v) is 13.2. The first-order chi connectivity index (χ1) is 9.97. The summed E-state index contributed by atoms with van der Waals surface area (Å²) in [6.45, 7) is 4.01. The number of H-pyrrole nitrogens is 1. The van der Waals surface area contributed by atoms with Crippen LogP contribution in [0.1, 0.15) is 22.7 Å². The van der Waals surface area contributed by atoms with E-state index in [0.717, 1.165) is 12.5 Å². The van der Waals surface area contributed by atoms with Crippen LogP contribution in [0, 0.1) is 23.3 Å². The molecule has 2 heterocycles. The van der Waals surface area contributed by atoms with E-state index in [-0.39, 0.29) is 11.6 Å². The normalized spacial score (nSPS) is 13.0. The molecule has 110 valence electrons. The first-order valence-electron chi connectivity index (χ1n) is 6.61. The van der Waals surface area contributed by atoms with Crippen molar-refractivity contribution < 1.29 is 8.78 Å². The Balaban J connectivity index is 2.09. The topological polar surface area (TPSA) is 20.7 Å². The first-order valence-corrected chi connectivity index (χ1v) is 7.83. The highest BCUT2D eigenvalue weighted by Gasteiger charge is 2.18. The highest BCUT2D eigenvalue weighted by Crippen LogP contribution is 2.27. The second-order valence-corrected chi connectivity index (χ2v) is 6.88. The summed E-state index contributed by atoms with van der Waals surface area (Å²) in [5.41, 5.74) is 0.730. The summed E-state index contributed by atoms with van der Waals surface area (Å²) in [6, 6.07) is 6.69. The van der Waals surface area contributed by atoms with E-state index in [1.54, 1.807) is 15.9 Å². The highest BCUT2D eigenvalue weighted by atomic mass is 32.1. The number of hydrogen-bond acceptors (Lipinski definition) is 2. The fourth-order valence-corrected chi connectivity index (χ4v) is 3.94. The van der Waals surface area contributed by atoms with Crippen molar-refractivity contribution in [3.63, 3.8) is 0 Å². The fourth-order valence-electron chi connectivity index (χ4n) is 2.55. The lowest BCUT2D eigenvalue weighted by Gasteiger charge is -2.14. The number of aromatic amines is 1. The van der Waals surface area contributed by atoms with Crippen molar-refractivity contribution in [1.82, 2.24) is 9.55 Å². The number of nitrogens with one attached hydrogen (secondary N) is 1. The minimum absolute atomic E-state index is 0.0550. The van der Waals surface area contributed by atoms with Crippen LogP contribution in [0.25, 0.3) is 11.0 Å². The van der Waals surface area contributed by atoms with Crippen molar-refractivity contribution in [2.45, 2.75) is 26.3 Å². The molecule has 3 rings (SSSR count). The molecule has 6 heteroatoms. The molecule has 0 spiro atoms. The second kappa shape index (κ2) is 5.35. The molecular formula is C15H14F2N2S2. The fraction of sp³-hybridized carbons (Fsp3) is 0.267. The molecule has 2 nitrogen and oxygen atoms in total. The van der Waals surface area contributed by atoms with Gasteiger partial charge in [0, 0.05) is 22.2 Å². The molecule has 1 atom stereocenters. The van der Waals surface area contributed by atoms with Gasteiger partial charge in [0.25, 0.3) is 0 Å². The molecule has 0 saturated carbocycles. The van der Waals surface area contributed by atoms with E-state index in [9.17, 15) is 8.78 Å². The molecule has 0 aliphatic carbocycles. The summed E-state index contributed by atoms with van der Waals surface area (Å²) in [6.07, 6.45) is 0.732. The van der Waals surface area contributed by atoms with Crippen molar-refractivity contribution in [2.24, 2.45) is 0 Å². The van der Waals surface area contributed by atoms with E-state index in [1.807, 2.05) is 13.8 Å². The summed E-state index contributed by atoms with van der Waals surface area (Å²) in [5.74, 6) is -1.71. The molecule has 0 radical (unpaired) electrons. The zero-order valence-electron chi connectivity index (χ0n) is 11.6.